The fourth-order valence-electron chi connectivity index (χ4n) is 5.46. The van der Waals surface area contributed by atoms with Crippen LogP contribution in [-0.4, -0.2) is 63.3 Å². The molecule has 2 saturated heterocycles. The number of amides is 1. The molecule has 5 rings (SSSR count). The first kappa shape index (κ1) is 21.4. The van der Waals surface area contributed by atoms with Crippen molar-refractivity contribution in [3.05, 3.63) is 34.2 Å². The molecule has 2 N–H and O–H groups in total. The highest BCUT2D eigenvalue weighted by atomic mass is 16.5. The number of hydrogen-bond donors (Lipinski definition) is 2. The Morgan fingerprint density at radius 1 is 1.31 bits per heavy atom. The van der Waals surface area contributed by atoms with Crippen LogP contribution >= 0.6 is 0 Å². The van der Waals surface area contributed by atoms with Crippen molar-refractivity contribution in [2.75, 3.05) is 19.7 Å². The van der Waals surface area contributed by atoms with Crippen molar-refractivity contribution in [1.29, 1.82) is 0 Å². The molecule has 4 heterocycles. The molecule has 2 aliphatic heterocycles. The first-order chi connectivity index (χ1) is 15.3. The summed E-state index contributed by atoms with van der Waals surface area (Å²) in [5, 5.41) is 14.3. The van der Waals surface area contributed by atoms with Crippen molar-refractivity contribution in [1.82, 2.24) is 19.8 Å². The second-order valence-electron chi connectivity index (χ2n) is 10.3. The maximum absolute atomic E-state index is 13.4. The molecule has 2 aromatic rings. The molecule has 172 valence electrons. The van der Waals surface area contributed by atoms with Crippen LogP contribution in [0.1, 0.15) is 56.3 Å². The topological polar surface area (TPSA) is 96.7 Å². The minimum atomic E-state index is -0.495. The molecular weight excluding hydrogens is 408 g/mol. The second-order valence-corrected chi connectivity index (χ2v) is 10.3. The smallest absolute Gasteiger partial charge is 0.268 e. The summed E-state index contributed by atoms with van der Waals surface area (Å²) < 4.78 is 7.21. The Morgan fingerprint density at radius 3 is 2.78 bits per heavy atom. The molecule has 32 heavy (non-hydrogen) atoms. The van der Waals surface area contributed by atoms with E-state index >= 15 is 0 Å². The zero-order chi connectivity index (χ0) is 22.5. The van der Waals surface area contributed by atoms with E-state index in [1.807, 2.05) is 0 Å². The van der Waals surface area contributed by atoms with Gasteiger partial charge in [0.25, 0.3) is 11.5 Å². The van der Waals surface area contributed by atoms with Crippen LogP contribution in [-0.2, 0) is 11.3 Å². The summed E-state index contributed by atoms with van der Waals surface area (Å²) in [6.45, 7) is 7.18. The summed E-state index contributed by atoms with van der Waals surface area (Å²) in [6, 6.07) is 3.83. The normalized spacial score (nSPS) is 25.4. The summed E-state index contributed by atoms with van der Waals surface area (Å²) in [4.78, 5) is 33.3. The first-order valence-electron chi connectivity index (χ1n) is 11.7. The number of aromatic nitrogens is 2. The standard InChI is InChI=1S/C24H32N4O4/c1-24(2)7-5-15(6-8-24)26-22(30)19-20(29)18-4-3-9-25-21(18)28(23(19)31)11-10-27-13-17-12-16(27)14-32-17/h3-4,9,15-17,29H,5-8,10-14H2,1-2H3,(H,26,30). The minimum absolute atomic E-state index is 0.0209. The fourth-order valence-corrected chi connectivity index (χ4v) is 5.46. The van der Waals surface area contributed by atoms with Crippen molar-refractivity contribution in [2.45, 2.75) is 70.7 Å². The number of pyridine rings is 2. The van der Waals surface area contributed by atoms with Gasteiger partial charge in [0, 0.05) is 37.9 Å². The Hall–Kier alpha value is -2.45. The van der Waals surface area contributed by atoms with Gasteiger partial charge in [0.15, 0.2) is 0 Å². The first-order valence-corrected chi connectivity index (χ1v) is 11.7. The number of nitrogens with one attached hydrogen (secondary N) is 1. The number of hydrogen-bond acceptors (Lipinski definition) is 6. The van der Waals surface area contributed by atoms with Crippen LogP contribution in [0.4, 0.5) is 0 Å². The number of morpholine rings is 1. The van der Waals surface area contributed by atoms with Crippen LogP contribution < -0.4 is 10.9 Å². The lowest BCUT2D eigenvalue weighted by Gasteiger charge is -2.34. The monoisotopic (exact) mass is 440 g/mol. The number of carbonyl (C=O) groups is 1. The van der Waals surface area contributed by atoms with E-state index in [1.54, 1.807) is 22.9 Å². The van der Waals surface area contributed by atoms with Gasteiger partial charge in [0.1, 0.15) is 17.0 Å². The SMILES string of the molecule is CC1(C)CCC(NC(=O)c2c(O)c3cccnc3n(CCN3CC4CC3CO4)c2=O)CC1. The van der Waals surface area contributed by atoms with Gasteiger partial charge in [-0.15, -0.1) is 0 Å². The van der Waals surface area contributed by atoms with E-state index in [-0.39, 0.29) is 28.9 Å². The molecule has 3 fully saturated rings. The molecule has 3 aliphatic rings. The molecule has 0 aromatic carbocycles. The summed E-state index contributed by atoms with van der Waals surface area (Å²) in [6.07, 6.45) is 6.73. The third-order valence-corrected chi connectivity index (χ3v) is 7.52. The quantitative estimate of drug-likeness (QED) is 0.741. The van der Waals surface area contributed by atoms with Crippen LogP contribution in [0.15, 0.2) is 23.1 Å². The van der Waals surface area contributed by atoms with Crippen LogP contribution in [0.5, 0.6) is 5.75 Å². The Bertz CT molecular complexity index is 1090. The molecular formula is C24H32N4O4. The van der Waals surface area contributed by atoms with Gasteiger partial charge in [0.2, 0.25) is 0 Å². The number of fused-ring (bicyclic) bond motifs is 3. The van der Waals surface area contributed by atoms with Crippen molar-refractivity contribution in [2.24, 2.45) is 5.41 Å². The van der Waals surface area contributed by atoms with Crippen molar-refractivity contribution < 1.29 is 14.6 Å². The van der Waals surface area contributed by atoms with Crippen LogP contribution in [0.25, 0.3) is 11.0 Å². The summed E-state index contributed by atoms with van der Waals surface area (Å²) in [5.74, 6) is -0.776. The predicted octanol–water partition coefficient (Wildman–Crippen LogP) is 2.27. The highest BCUT2D eigenvalue weighted by Crippen LogP contribution is 2.35. The number of ether oxygens (including phenoxy) is 1. The minimum Gasteiger partial charge on any atom is -0.506 e. The molecule has 2 aromatic heterocycles. The molecule has 0 spiro atoms. The van der Waals surface area contributed by atoms with E-state index in [9.17, 15) is 14.7 Å². The van der Waals surface area contributed by atoms with E-state index in [2.05, 4.69) is 29.0 Å². The summed E-state index contributed by atoms with van der Waals surface area (Å²) in [5.41, 5.74) is 0.0289. The van der Waals surface area contributed by atoms with Crippen molar-refractivity contribution in [3.8, 4) is 5.75 Å². The fraction of sp³-hybridized carbons (Fsp3) is 0.625. The number of carbonyl (C=O) groups excluding carboxylic acids is 1. The molecule has 8 nitrogen and oxygen atoms in total. The van der Waals surface area contributed by atoms with Gasteiger partial charge in [-0.3, -0.25) is 19.1 Å². The average molecular weight is 441 g/mol. The molecule has 2 unspecified atom stereocenters. The molecule has 1 saturated carbocycles. The summed E-state index contributed by atoms with van der Waals surface area (Å²) >= 11 is 0. The average Bonchev–Trinajstić information content (AvgIpc) is 3.39. The maximum Gasteiger partial charge on any atom is 0.268 e. The van der Waals surface area contributed by atoms with Gasteiger partial charge in [-0.25, -0.2) is 4.98 Å². The Balaban J connectivity index is 1.42. The Labute approximate surface area is 187 Å². The van der Waals surface area contributed by atoms with Crippen LogP contribution in [0, 0.1) is 5.41 Å². The molecule has 0 radical (unpaired) electrons. The highest BCUT2D eigenvalue weighted by Gasteiger charge is 2.38. The Kier molecular flexibility index (Phi) is 5.45. The molecule has 1 amide bonds. The Morgan fingerprint density at radius 2 is 2.09 bits per heavy atom. The van der Waals surface area contributed by atoms with Gasteiger partial charge in [-0.05, 0) is 49.7 Å². The molecule has 2 atom stereocenters. The van der Waals surface area contributed by atoms with E-state index in [0.29, 0.717) is 30.2 Å². The number of nitrogens with zero attached hydrogens (tertiary/aromatic N) is 3. The van der Waals surface area contributed by atoms with E-state index in [1.165, 1.54) is 0 Å². The lowest BCUT2D eigenvalue weighted by Crippen LogP contribution is -2.43. The van der Waals surface area contributed by atoms with Crippen LogP contribution in [0.2, 0.25) is 0 Å². The largest absolute Gasteiger partial charge is 0.506 e. The van der Waals surface area contributed by atoms with Gasteiger partial charge in [-0.2, -0.15) is 0 Å². The number of rotatable bonds is 5. The lowest BCUT2D eigenvalue weighted by molar-refractivity contribution is 0.0294. The molecule has 1 aliphatic carbocycles. The van der Waals surface area contributed by atoms with Gasteiger partial charge >= 0.3 is 0 Å². The zero-order valence-corrected chi connectivity index (χ0v) is 18.8. The predicted molar refractivity (Wildman–Crippen MR) is 121 cm³/mol. The second kappa shape index (κ2) is 8.15. The molecule has 2 bridgehead atoms. The van der Waals surface area contributed by atoms with Crippen molar-refractivity contribution >= 4 is 16.9 Å². The van der Waals surface area contributed by atoms with E-state index in [0.717, 1.165) is 45.3 Å². The molecule has 8 heteroatoms. The highest BCUT2D eigenvalue weighted by molar-refractivity contribution is 6.01. The van der Waals surface area contributed by atoms with Gasteiger partial charge in [0.05, 0.1) is 18.1 Å². The van der Waals surface area contributed by atoms with Crippen LogP contribution in [0.3, 0.4) is 0 Å². The van der Waals surface area contributed by atoms with E-state index in [4.69, 9.17) is 4.74 Å². The maximum atomic E-state index is 13.4. The number of aromatic hydroxyl groups is 1. The van der Waals surface area contributed by atoms with Crippen molar-refractivity contribution in [3.63, 3.8) is 0 Å². The third kappa shape index (κ3) is 3.90. The lowest BCUT2D eigenvalue weighted by atomic mass is 9.75. The number of likely N-dealkylation sites (tertiary alicyclic amines) is 1. The zero-order valence-electron chi connectivity index (χ0n) is 18.8. The van der Waals surface area contributed by atoms with E-state index < -0.39 is 11.5 Å². The van der Waals surface area contributed by atoms with Gasteiger partial charge < -0.3 is 15.2 Å². The third-order valence-electron chi connectivity index (χ3n) is 7.52. The summed E-state index contributed by atoms with van der Waals surface area (Å²) in [7, 11) is 0. The van der Waals surface area contributed by atoms with Gasteiger partial charge in [-0.1, -0.05) is 13.8 Å².